The molecule has 0 spiro atoms. The van der Waals surface area contributed by atoms with Crippen molar-refractivity contribution in [1.29, 1.82) is 5.26 Å². The van der Waals surface area contributed by atoms with Crippen LogP contribution in [0, 0.1) is 11.3 Å². The summed E-state index contributed by atoms with van der Waals surface area (Å²) in [5, 5.41) is 9.07. The SMILES string of the molecule is CCN(CCC#N)Cc1cccnc1Cl. The van der Waals surface area contributed by atoms with Gasteiger partial charge >= 0.3 is 0 Å². The van der Waals surface area contributed by atoms with Crippen LogP contribution in [0.2, 0.25) is 5.15 Å². The number of aromatic nitrogens is 1. The number of nitriles is 1. The first kappa shape index (κ1) is 12.0. The van der Waals surface area contributed by atoms with Crippen LogP contribution in [0.1, 0.15) is 18.9 Å². The molecule has 3 nitrogen and oxygen atoms in total. The summed E-state index contributed by atoms with van der Waals surface area (Å²) < 4.78 is 0. The number of rotatable bonds is 5. The number of nitrogens with zero attached hydrogens (tertiary/aromatic N) is 3. The third kappa shape index (κ3) is 3.86. The number of pyridine rings is 1. The molecule has 0 N–H and O–H groups in total. The Hall–Kier alpha value is -1.11. The molecule has 0 radical (unpaired) electrons. The molecule has 15 heavy (non-hydrogen) atoms. The normalized spacial score (nSPS) is 10.3. The maximum absolute atomic E-state index is 8.52. The monoisotopic (exact) mass is 223 g/mol. The Balaban J connectivity index is 2.59. The highest BCUT2D eigenvalue weighted by molar-refractivity contribution is 6.30. The van der Waals surface area contributed by atoms with E-state index >= 15 is 0 Å². The largest absolute Gasteiger partial charge is 0.298 e. The second-order valence-corrected chi connectivity index (χ2v) is 3.59. The zero-order valence-electron chi connectivity index (χ0n) is 8.78. The third-order valence-electron chi connectivity index (χ3n) is 2.22. The molecule has 0 aromatic carbocycles. The summed E-state index contributed by atoms with van der Waals surface area (Å²) in [6, 6.07) is 5.98. The maximum Gasteiger partial charge on any atom is 0.133 e. The molecule has 0 saturated heterocycles. The number of hydrogen-bond acceptors (Lipinski definition) is 3. The molecule has 0 amide bonds. The molecular weight excluding hydrogens is 210 g/mol. The summed E-state index contributed by atoms with van der Waals surface area (Å²) in [7, 11) is 0. The van der Waals surface area contributed by atoms with Gasteiger partial charge in [0, 0.05) is 31.3 Å². The first-order chi connectivity index (χ1) is 7.27. The average molecular weight is 224 g/mol. The van der Waals surface area contributed by atoms with Gasteiger partial charge < -0.3 is 0 Å². The highest BCUT2D eigenvalue weighted by atomic mass is 35.5. The Bertz CT molecular complexity index is 346. The second kappa shape index (κ2) is 6.39. The smallest absolute Gasteiger partial charge is 0.133 e. The van der Waals surface area contributed by atoms with Gasteiger partial charge in [-0.25, -0.2) is 4.98 Å². The molecule has 1 rings (SSSR count). The van der Waals surface area contributed by atoms with Crippen LogP contribution < -0.4 is 0 Å². The first-order valence-corrected chi connectivity index (χ1v) is 5.34. The van der Waals surface area contributed by atoms with Gasteiger partial charge in [-0.3, -0.25) is 4.90 Å². The van der Waals surface area contributed by atoms with Gasteiger partial charge in [-0.05, 0) is 12.6 Å². The van der Waals surface area contributed by atoms with Crippen molar-refractivity contribution in [2.45, 2.75) is 19.9 Å². The Morgan fingerprint density at radius 2 is 2.40 bits per heavy atom. The number of halogens is 1. The molecule has 4 heteroatoms. The summed E-state index contributed by atoms with van der Waals surface area (Å²) in [6.07, 6.45) is 2.23. The van der Waals surface area contributed by atoms with E-state index in [1.165, 1.54) is 0 Å². The maximum atomic E-state index is 8.52. The van der Waals surface area contributed by atoms with E-state index in [0.717, 1.165) is 25.2 Å². The molecule has 1 heterocycles. The first-order valence-electron chi connectivity index (χ1n) is 4.96. The molecular formula is C11H14ClN3. The van der Waals surface area contributed by atoms with Gasteiger partial charge in [-0.15, -0.1) is 0 Å². The molecule has 0 aliphatic carbocycles. The summed E-state index contributed by atoms with van der Waals surface area (Å²) in [4.78, 5) is 6.19. The van der Waals surface area contributed by atoms with Crippen LogP contribution in [0.3, 0.4) is 0 Å². The molecule has 0 atom stereocenters. The Kier molecular flexibility index (Phi) is 5.09. The van der Waals surface area contributed by atoms with Crippen molar-refractivity contribution in [3.63, 3.8) is 0 Å². The van der Waals surface area contributed by atoms with E-state index < -0.39 is 0 Å². The topological polar surface area (TPSA) is 39.9 Å². The lowest BCUT2D eigenvalue weighted by Crippen LogP contribution is -2.24. The van der Waals surface area contributed by atoms with E-state index in [2.05, 4.69) is 22.9 Å². The van der Waals surface area contributed by atoms with Gasteiger partial charge in [0.05, 0.1) is 6.07 Å². The average Bonchev–Trinajstić information content (AvgIpc) is 2.26. The van der Waals surface area contributed by atoms with Gasteiger partial charge in [0.1, 0.15) is 5.15 Å². The van der Waals surface area contributed by atoms with Gasteiger partial charge in [0.15, 0.2) is 0 Å². The van der Waals surface area contributed by atoms with Crippen molar-refractivity contribution in [3.05, 3.63) is 29.0 Å². The van der Waals surface area contributed by atoms with Crippen molar-refractivity contribution < 1.29 is 0 Å². The summed E-state index contributed by atoms with van der Waals surface area (Å²) in [5.74, 6) is 0. The minimum Gasteiger partial charge on any atom is -0.298 e. The standard InChI is InChI=1S/C11H14ClN3/c1-2-15(8-4-6-13)9-10-5-3-7-14-11(10)12/h3,5,7H,2,4,8-9H2,1H3. The molecule has 0 bridgehead atoms. The highest BCUT2D eigenvalue weighted by Gasteiger charge is 2.06. The second-order valence-electron chi connectivity index (χ2n) is 3.23. The van der Waals surface area contributed by atoms with E-state index in [0.29, 0.717) is 11.6 Å². The van der Waals surface area contributed by atoms with Crippen LogP contribution in [0.5, 0.6) is 0 Å². The highest BCUT2D eigenvalue weighted by Crippen LogP contribution is 2.13. The van der Waals surface area contributed by atoms with Crippen molar-refractivity contribution >= 4 is 11.6 Å². The fourth-order valence-electron chi connectivity index (χ4n) is 1.34. The lowest BCUT2D eigenvalue weighted by Gasteiger charge is -2.19. The lowest BCUT2D eigenvalue weighted by molar-refractivity contribution is 0.286. The molecule has 1 aromatic heterocycles. The van der Waals surface area contributed by atoms with Crippen molar-refractivity contribution in [3.8, 4) is 6.07 Å². The Labute approximate surface area is 95.3 Å². The van der Waals surface area contributed by atoms with Crippen LogP contribution in [0.15, 0.2) is 18.3 Å². The predicted octanol–water partition coefficient (Wildman–Crippen LogP) is 2.47. The minimum absolute atomic E-state index is 0.547. The fourth-order valence-corrected chi connectivity index (χ4v) is 1.51. The zero-order chi connectivity index (χ0) is 11.1. The fraction of sp³-hybridized carbons (Fsp3) is 0.455. The Morgan fingerprint density at radius 1 is 1.60 bits per heavy atom. The van der Waals surface area contributed by atoms with Crippen LogP contribution in [0.4, 0.5) is 0 Å². The van der Waals surface area contributed by atoms with Crippen LogP contribution >= 0.6 is 11.6 Å². The van der Waals surface area contributed by atoms with Crippen molar-refractivity contribution in [1.82, 2.24) is 9.88 Å². The summed E-state index contributed by atoms with van der Waals surface area (Å²) in [5.41, 5.74) is 1.01. The van der Waals surface area contributed by atoms with Gasteiger partial charge in [0.2, 0.25) is 0 Å². The predicted molar refractivity (Wildman–Crippen MR) is 60.4 cm³/mol. The van der Waals surface area contributed by atoms with Crippen LogP contribution in [-0.4, -0.2) is 23.0 Å². The molecule has 0 aliphatic heterocycles. The molecule has 0 unspecified atom stereocenters. The van der Waals surface area contributed by atoms with Crippen LogP contribution in [-0.2, 0) is 6.54 Å². The van der Waals surface area contributed by atoms with E-state index in [4.69, 9.17) is 16.9 Å². The molecule has 0 saturated carbocycles. The van der Waals surface area contributed by atoms with Crippen LogP contribution in [0.25, 0.3) is 0 Å². The quantitative estimate of drug-likeness (QED) is 0.720. The Morgan fingerprint density at radius 3 is 3.00 bits per heavy atom. The molecule has 1 aromatic rings. The minimum atomic E-state index is 0.547. The van der Waals surface area contributed by atoms with E-state index in [9.17, 15) is 0 Å². The summed E-state index contributed by atoms with van der Waals surface area (Å²) in [6.45, 7) is 4.51. The molecule has 0 aliphatic rings. The van der Waals surface area contributed by atoms with Gasteiger partial charge in [-0.1, -0.05) is 24.6 Å². The molecule has 0 fully saturated rings. The summed E-state index contributed by atoms with van der Waals surface area (Å²) >= 11 is 5.96. The van der Waals surface area contributed by atoms with Gasteiger partial charge in [-0.2, -0.15) is 5.26 Å². The van der Waals surface area contributed by atoms with Crippen molar-refractivity contribution in [2.75, 3.05) is 13.1 Å². The zero-order valence-corrected chi connectivity index (χ0v) is 9.54. The third-order valence-corrected chi connectivity index (χ3v) is 2.56. The van der Waals surface area contributed by atoms with Gasteiger partial charge in [0.25, 0.3) is 0 Å². The lowest BCUT2D eigenvalue weighted by atomic mass is 10.2. The number of hydrogen-bond donors (Lipinski definition) is 0. The van der Waals surface area contributed by atoms with Crippen molar-refractivity contribution in [2.24, 2.45) is 0 Å². The molecule has 80 valence electrons. The van der Waals surface area contributed by atoms with E-state index in [1.807, 2.05) is 12.1 Å². The van der Waals surface area contributed by atoms with E-state index in [1.54, 1.807) is 6.20 Å². The van der Waals surface area contributed by atoms with E-state index in [-0.39, 0.29) is 0 Å².